The summed E-state index contributed by atoms with van der Waals surface area (Å²) < 4.78 is 19.9. The highest BCUT2D eigenvalue weighted by Gasteiger charge is 2.36. The Morgan fingerprint density at radius 1 is 0.960 bits per heavy atom. The van der Waals surface area contributed by atoms with Crippen molar-refractivity contribution in [2.75, 3.05) is 7.11 Å². The molecule has 0 aliphatic rings. The predicted octanol–water partition coefficient (Wildman–Crippen LogP) is 4.22. The second-order valence-corrected chi connectivity index (χ2v) is 6.53. The van der Waals surface area contributed by atoms with E-state index in [1.165, 1.54) is 7.11 Å². The van der Waals surface area contributed by atoms with Crippen LogP contribution in [-0.2, 0) is 22.6 Å². The molecule has 0 fully saturated rings. The van der Waals surface area contributed by atoms with Crippen LogP contribution in [0.4, 0.5) is 4.39 Å². The summed E-state index contributed by atoms with van der Waals surface area (Å²) in [6, 6.07) is 18.6. The summed E-state index contributed by atoms with van der Waals surface area (Å²) in [6.45, 7) is 4.51. The fourth-order valence-electron chi connectivity index (χ4n) is 2.85. The number of esters is 1. The Morgan fingerprint density at radius 2 is 1.40 bits per heavy atom. The summed E-state index contributed by atoms with van der Waals surface area (Å²) >= 11 is 0. The van der Waals surface area contributed by atoms with Crippen LogP contribution in [0.3, 0.4) is 0 Å². The Labute approximate surface area is 149 Å². The van der Waals surface area contributed by atoms with Crippen molar-refractivity contribution in [2.24, 2.45) is 5.92 Å². The molecule has 0 saturated carbocycles. The number of carbonyl (C=O) groups is 1. The summed E-state index contributed by atoms with van der Waals surface area (Å²) in [6.07, 6.45) is -1.31. The standard InChI is InChI=1S/C21H26FNO2/c1-16(2)19(22)20(21(24)25-3)23(14-17-10-6-4-7-11-17)15-18-12-8-5-9-13-18/h4-13,16,19-20H,14-15H2,1-3H3/t19-,20+/m1/s1. The van der Waals surface area contributed by atoms with Crippen molar-refractivity contribution in [3.63, 3.8) is 0 Å². The van der Waals surface area contributed by atoms with Gasteiger partial charge in [-0.25, -0.2) is 4.39 Å². The molecule has 0 spiro atoms. The van der Waals surface area contributed by atoms with Crippen LogP contribution < -0.4 is 0 Å². The maximum atomic E-state index is 14.9. The third-order valence-electron chi connectivity index (χ3n) is 4.23. The first kappa shape index (κ1) is 19.1. The number of ether oxygens (including phenoxy) is 1. The van der Waals surface area contributed by atoms with Gasteiger partial charge in [-0.1, -0.05) is 74.5 Å². The van der Waals surface area contributed by atoms with E-state index in [1.807, 2.05) is 65.6 Å². The van der Waals surface area contributed by atoms with Gasteiger partial charge in [-0.05, 0) is 17.0 Å². The van der Waals surface area contributed by atoms with Gasteiger partial charge >= 0.3 is 5.97 Å². The number of nitrogens with zero attached hydrogens (tertiary/aromatic N) is 1. The van der Waals surface area contributed by atoms with Crippen LogP contribution in [-0.4, -0.2) is 30.2 Å². The molecule has 3 nitrogen and oxygen atoms in total. The molecule has 0 N–H and O–H groups in total. The lowest BCUT2D eigenvalue weighted by atomic mass is 9.98. The highest BCUT2D eigenvalue weighted by Crippen LogP contribution is 2.22. The SMILES string of the molecule is COC(=O)[C@H]([C@H](F)C(C)C)N(Cc1ccccc1)Cc1ccccc1. The molecule has 2 aromatic rings. The lowest BCUT2D eigenvalue weighted by molar-refractivity contribution is -0.151. The molecule has 0 unspecified atom stereocenters. The van der Waals surface area contributed by atoms with E-state index in [0.717, 1.165) is 11.1 Å². The number of halogens is 1. The summed E-state index contributed by atoms with van der Waals surface area (Å²) in [5.41, 5.74) is 2.06. The van der Waals surface area contributed by atoms with Gasteiger partial charge in [0.15, 0.2) is 0 Å². The fraction of sp³-hybridized carbons (Fsp3) is 0.381. The normalized spacial score (nSPS) is 13.7. The molecular formula is C21H26FNO2. The Bertz CT molecular complexity index is 604. The molecule has 0 aliphatic carbocycles. The maximum Gasteiger partial charge on any atom is 0.326 e. The van der Waals surface area contributed by atoms with E-state index in [1.54, 1.807) is 13.8 Å². The second-order valence-electron chi connectivity index (χ2n) is 6.53. The van der Waals surface area contributed by atoms with Crippen molar-refractivity contribution in [3.05, 3.63) is 71.8 Å². The average Bonchev–Trinajstić information content (AvgIpc) is 2.63. The Morgan fingerprint density at radius 3 is 1.76 bits per heavy atom. The largest absolute Gasteiger partial charge is 0.468 e. The summed E-state index contributed by atoms with van der Waals surface area (Å²) in [5.74, 6) is -0.814. The van der Waals surface area contributed by atoms with Crippen molar-refractivity contribution in [3.8, 4) is 0 Å². The minimum atomic E-state index is -1.31. The first-order valence-corrected chi connectivity index (χ1v) is 8.56. The van der Waals surface area contributed by atoms with Gasteiger partial charge in [0.2, 0.25) is 0 Å². The van der Waals surface area contributed by atoms with Crippen LogP contribution in [0.5, 0.6) is 0 Å². The van der Waals surface area contributed by atoms with Gasteiger partial charge in [-0.15, -0.1) is 0 Å². The molecule has 0 heterocycles. The van der Waals surface area contributed by atoms with Gasteiger partial charge in [0.05, 0.1) is 7.11 Å². The van der Waals surface area contributed by atoms with Crippen molar-refractivity contribution >= 4 is 5.97 Å². The number of alkyl halides is 1. The summed E-state index contributed by atoms with van der Waals surface area (Å²) in [7, 11) is 1.31. The van der Waals surface area contributed by atoms with E-state index in [0.29, 0.717) is 13.1 Å². The van der Waals surface area contributed by atoms with Crippen molar-refractivity contribution in [1.82, 2.24) is 4.90 Å². The van der Waals surface area contributed by atoms with E-state index in [-0.39, 0.29) is 5.92 Å². The van der Waals surface area contributed by atoms with Gasteiger partial charge in [0.25, 0.3) is 0 Å². The fourth-order valence-corrected chi connectivity index (χ4v) is 2.85. The van der Waals surface area contributed by atoms with Gasteiger partial charge in [-0.3, -0.25) is 9.69 Å². The lowest BCUT2D eigenvalue weighted by Crippen LogP contribution is -2.49. The van der Waals surface area contributed by atoms with Crippen molar-refractivity contribution in [1.29, 1.82) is 0 Å². The number of hydrogen-bond donors (Lipinski definition) is 0. The number of rotatable bonds is 8. The molecule has 134 valence electrons. The first-order chi connectivity index (χ1) is 12.0. The van der Waals surface area contributed by atoms with E-state index < -0.39 is 18.2 Å². The molecular weight excluding hydrogens is 317 g/mol. The monoisotopic (exact) mass is 343 g/mol. The highest BCUT2D eigenvalue weighted by molar-refractivity contribution is 5.76. The number of hydrogen-bond acceptors (Lipinski definition) is 3. The van der Waals surface area contributed by atoms with E-state index >= 15 is 0 Å². The van der Waals surface area contributed by atoms with Crippen LogP contribution in [0, 0.1) is 5.92 Å². The zero-order valence-electron chi connectivity index (χ0n) is 15.1. The molecule has 0 aromatic heterocycles. The number of methoxy groups -OCH3 is 1. The quantitative estimate of drug-likeness (QED) is 0.672. The van der Waals surface area contributed by atoms with Crippen molar-refractivity contribution in [2.45, 2.75) is 39.2 Å². The Hall–Kier alpha value is -2.20. The zero-order valence-corrected chi connectivity index (χ0v) is 15.1. The predicted molar refractivity (Wildman–Crippen MR) is 97.7 cm³/mol. The van der Waals surface area contributed by atoms with Crippen molar-refractivity contribution < 1.29 is 13.9 Å². The molecule has 0 bridgehead atoms. The Kier molecular flexibility index (Phi) is 7.14. The molecule has 4 heteroatoms. The molecule has 2 atom stereocenters. The van der Waals surface area contributed by atoms with Gasteiger partial charge in [0.1, 0.15) is 12.2 Å². The summed E-state index contributed by atoms with van der Waals surface area (Å²) in [4.78, 5) is 14.2. The van der Waals surface area contributed by atoms with Crippen LogP contribution in [0.1, 0.15) is 25.0 Å². The van der Waals surface area contributed by atoms with E-state index in [2.05, 4.69) is 0 Å². The van der Waals surface area contributed by atoms with Gasteiger partial charge < -0.3 is 4.74 Å². The topological polar surface area (TPSA) is 29.5 Å². The van der Waals surface area contributed by atoms with Crippen LogP contribution in [0.15, 0.2) is 60.7 Å². The molecule has 0 saturated heterocycles. The molecule has 0 radical (unpaired) electrons. The summed E-state index contributed by atoms with van der Waals surface area (Å²) in [5, 5.41) is 0. The second kappa shape index (κ2) is 9.33. The maximum absolute atomic E-state index is 14.9. The van der Waals surface area contributed by atoms with Crippen LogP contribution in [0.25, 0.3) is 0 Å². The van der Waals surface area contributed by atoms with Gasteiger partial charge in [-0.2, -0.15) is 0 Å². The van der Waals surface area contributed by atoms with E-state index in [4.69, 9.17) is 4.74 Å². The Balaban J connectivity index is 2.33. The zero-order chi connectivity index (χ0) is 18.2. The molecule has 0 aliphatic heterocycles. The molecule has 25 heavy (non-hydrogen) atoms. The molecule has 0 amide bonds. The molecule has 2 aromatic carbocycles. The minimum Gasteiger partial charge on any atom is -0.468 e. The molecule has 2 rings (SSSR count). The third kappa shape index (κ3) is 5.40. The van der Waals surface area contributed by atoms with Gasteiger partial charge in [0, 0.05) is 13.1 Å². The highest BCUT2D eigenvalue weighted by atomic mass is 19.1. The van der Waals surface area contributed by atoms with Crippen LogP contribution in [0.2, 0.25) is 0 Å². The third-order valence-corrected chi connectivity index (χ3v) is 4.23. The number of benzene rings is 2. The van der Waals surface area contributed by atoms with Crippen LogP contribution >= 0.6 is 0 Å². The number of carbonyl (C=O) groups excluding carboxylic acids is 1. The lowest BCUT2D eigenvalue weighted by Gasteiger charge is -2.33. The first-order valence-electron chi connectivity index (χ1n) is 8.56. The minimum absolute atomic E-state index is 0.279. The van der Waals surface area contributed by atoms with E-state index in [9.17, 15) is 9.18 Å². The average molecular weight is 343 g/mol. The smallest absolute Gasteiger partial charge is 0.326 e.